The highest BCUT2D eigenvalue weighted by atomic mass is 31.2. The number of nitrogens with one attached hydrogen (secondary N) is 2. The van der Waals surface area contributed by atoms with Crippen LogP contribution in [-0.2, 0) is 41.4 Å². The van der Waals surface area contributed by atoms with Crippen molar-refractivity contribution >= 4 is 49.7 Å². The molecule has 3 aliphatic heterocycles. The number of aromatic amines is 2. The summed E-state index contributed by atoms with van der Waals surface area (Å²) in [7, 11) is -10.1. The molecule has 0 radical (unpaired) electrons. The number of nitrogen functional groups attached to an aromatic ring is 2. The molecule has 30 heteroatoms. The summed E-state index contributed by atoms with van der Waals surface area (Å²) in [5, 5.41) is 20.7. The van der Waals surface area contributed by atoms with Gasteiger partial charge in [-0.3, -0.25) is 51.4 Å². The summed E-state index contributed by atoms with van der Waals surface area (Å²) in [6.07, 6.45) is -6.08. The molecule has 10 N–H and O–H groups in total. The summed E-state index contributed by atoms with van der Waals surface area (Å²) in [5.74, 6) is -0.115. The first kappa shape index (κ1) is 41.9. The van der Waals surface area contributed by atoms with Crippen LogP contribution in [0.25, 0.3) is 22.3 Å². The van der Waals surface area contributed by atoms with E-state index in [1.807, 2.05) is 0 Å². The number of rotatable bonds is 14. The maximum absolute atomic E-state index is 13.4. The molecule has 0 bridgehead atoms. The molecule has 0 aliphatic carbocycles. The fourth-order valence-corrected chi connectivity index (χ4v) is 9.01. The molecule has 0 spiro atoms. The van der Waals surface area contributed by atoms with Gasteiger partial charge in [-0.05, 0) is 6.92 Å². The van der Waals surface area contributed by atoms with Gasteiger partial charge in [0.2, 0.25) is 5.95 Å². The molecule has 0 amide bonds. The Morgan fingerprint density at radius 3 is 2.07 bits per heavy atom. The number of hydrogen-bond acceptors (Lipinski definition) is 21. The molecule has 3 saturated heterocycles. The molecular formula is C30H38N12O16P2. The fourth-order valence-electron chi connectivity index (χ4n) is 7.09. The van der Waals surface area contributed by atoms with Crippen LogP contribution in [0.3, 0.4) is 0 Å². The minimum Gasteiger partial charge on any atom is -0.394 e. The third kappa shape index (κ3) is 8.42. The van der Waals surface area contributed by atoms with Gasteiger partial charge in [-0.15, -0.1) is 0 Å². The average molecular weight is 885 g/mol. The van der Waals surface area contributed by atoms with Gasteiger partial charge in [-0.2, -0.15) is 4.98 Å². The Balaban J connectivity index is 0.957. The first-order valence-electron chi connectivity index (χ1n) is 18.0. The summed E-state index contributed by atoms with van der Waals surface area (Å²) in [6.45, 7) is -0.682. The summed E-state index contributed by atoms with van der Waals surface area (Å²) in [6, 6.07) is 0. The van der Waals surface area contributed by atoms with Gasteiger partial charge in [0, 0.05) is 31.0 Å². The van der Waals surface area contributed by atoms with E-state index in [9.17, 15) is 43.5 Å². The van der Waals surface area contributed by atoms with Gasteiger partial charge in [0.05, 0.1) is 38.6 Å². The summed E-state index contributed by atoms with van der Waals surface area (Å²) >= 11 is 0. The van der Waals surface area contributed by atoms with Gasteiger partial charge in [-0.1, -0.05) is 0 Å². The largest absolute Gasteiger partial charge is 0.472 e. The maximum Gasteiger partial charge on any atom is 0.472 e. The summed E-state index contributed by atoms with van der Waals surface area (Å²) in [5.41, 5.74) is 10.2. The predicted molar refractivity (Wildman–Crippen MR) is 198 cm³/mol. The minimum atomic E-state index is -5.07. The Hall–Kier alpha value is -4.80. The smallest absolute Gasteiger partial charge is 0.394 e. The van der Waals surface area contributed by atoms with Crippen LogP contribution >= 0.6 is 15.6 Å². The highest BCUT2D eigenvalue weighted by Crippen LogP contribution is 2.52. The van der Waals surface area contributed by atoms with E-state index in [0.717, 1.165) is 4.57 Å². The Labute approximate surface area is 334 Å². The summed E-state index contributed by atoms with van der Waals surface area (Å²) < 4.78 is 69.6. The van der Waals surface area contributed by atoms with E-state index in [1.165, 1.54) is 41.2 Å². The van der Waals surface area contributed by atoms with Crippen molar-refractivity contribution in [3.8, 4) is 0 Å². The molecule has 60 heavy (non-hydrogen) atoms. The molecule has 5 aromatic rings. The number of H-pyrrole nitrogens is 2. The van der Waals surface area contributed by atoms with E-state index in [1.54, 1.807) is 0 Å². The first-order valence-corrected chi connectivity index (χ1v) is 21.0. The van der Waals surface area contributed by atoms with Gasteiger partial charge in [0.25, 0.3) is 11.1 Å². The Morgan fingerprint density at radius 1 is 0.783 bits per heavy atom. The van der Waals surface area contributed by atoms with Gasteiger partial charge in [0.15, 0.2) is 22.6 Å². The number of imidazole rings is 2. The van der Waals surface area contributed by atoms with Crippen molar-refractivity contribution in [2.24, 2.45) is 0 Å². The fraction of sp³-hybridized carbons (Fsp3) is 0.533. The van der Waals surface area contributed by atoms with Crippen LogP contribution in [0.1, 0.15) is 43.5 Å². The molecule has 2 unspecified atom stereocenters. The molecule has 28 nitrogen and oxygen atoms in total. The van der Waals surface area contributed by atoms with Crippen LogP contribution in [0, 0.1) is 6.92 Å². The molecule has 8 heterocycles. The van der Waals surface area contributed by atoms with Crippen molar-refractivity contribution in [3.63, 3.8) is 0 Å². The number of fused-ring (bicyclic) bond motifs is 2. The lowest BCUT2D eigenvalue weighted by Gasteiger charge is -2.24. The number of ether oxygens (including phenoxy) is 3. The Kier molecular flexibility index (Phi) is 11.3. The van der Waals surface area contributed by atoms with E-state index >= 15 is 0 Å². The lowest BCUT2D eigenvalue weighted by atomic mass is 10.2. The number of aryl methyl sites for hydroxylation is 1. The molecule has 324 valence electrons. The van der Waals surface area contributed by atoms with E-state index in [0.29, 0.717) is 11.2 Å². The van der Waals surface area contributed by atoms with E-state index in [-0.39, 0.29) is 47.8 Å². The van der Waals surface area contributed by atoms with Crippen molar-refractivity contribution in [3.05, 3.63) is 61.9 Å². The van der Waals surface area contributed by atoms with Crippen molar-refractivity contribution in [1.82, 2.24) is 48.6 Å². The van der Waals surface area contributed by atoms with Crippen LogP contribution in [0.4, 0.5) is 11.8 Å². The van der Waals surface area contributed by atoms with E-state index in [2.05, 4.69) is 34.9 Å². The first-order chi connectivity index (χ1) is 28.5. The second kappa shape index (κ2) is 16.2. The van der Waals surface area contributed by atoms with Crippen LogP contribution in [-0.4, -0.2) is 125 Å². The molecule has 3 fully saturated rings. The van der Waals surface area contributed by atoms with Crippen LogP contribution in [0.15, 0.2) is 39.6 Å². The van der Waals surface area contributed by atoms with Gasteiger partial charge < -0.3 is 45.7 Å². The van der Waals surface area contributed by atoms with Crippen molar-refractivity contribution in [2.45, 2.75) is 81.5 Å². The van der Waals surface area contributed by atoms with E-state index < -0.39 is 108 Å². The maximum atomic E-state index is 13.4. The van der Waals surface area contributed by atoms with Crippen LogP contribution in [0.5, 0.6) is 0 Å². The number of nitrogens with zero attached hydrogens (tertiary/aromatic N) is 8. The topological polar surface area (TPSA) is 394 Å². The number of hydrogen-bond donors (Lipinski definition) is 8. The number of anilines is 2. The zero-order chi connectivity index (χ0) is 42.7. The van der Waals surface area contributed by atoms with Gasteiger partial charge in [0.1, 0.15) is 61.0 Å². The van der Waals surface area contributed by atoms with Gasteiger partial charge >= 0.3 is 21.3 Å². The second-order valence-corrected chi connectivity index (χ2v) is 16.8. The lowest BCUT2D eigenvalue weighted by molar-refractivity contribution is -0.0604. The monoisotopic (exact) mass is 884 g/mol. The van der Waals surface area contributed by atoms with Gasteiger partial charge in [-0.25, -0.2) is 33.9 Å². The highest BCUT2D eigenvalue weighted by Gasteiger charge is 2.46. The number of aliphatic hydroxyl groups excluding tert-OH is 2. The van der Waals surface area contributed by atoms with Crippen molar-refractivity contribution < 1.29 is 61.4 Å². The second-order valence-electron chi connectivity index (χ2n) is 14.0. The predicted octanol–water partition coefficient (Wildman–Crippen LogP) is -1.80. The quantitative estimate of drug-likeness (QED) is 0.0570. The average Bonchev–Trinajstić information content (AvgIpc) is 4.02. The number of aliphatic hydroxyl groups is 2. The van der Waals surface area contributed by atoms with E-state index in [4.69, 9.17) is 43.8 Å². The molecule has 3 aliphatic rings. The molecule has 11 atom stereocenters. The van der Waals surface area contributed by atoms with Crippen LogP contribution in [0.2, 0.25) is 0 Å². The standard InChI is InChI=1S/C30H38N12O16P2/c1-12-5-40(30(47)39-27(12)45)20-3-14(16(6-43)54-20)57-60(50,51)53-8-18-15(4-21(56-18)42-11-36-23-26(42)37-29(32)38-28(23)46)58-59(48,49)52-7-17-13(44)2-19(55-17)41-10-35-22-24(31)33-9-34-25(22)41/h5,9-11,13-21,43-44H,2-4,6-8H2,1H3,(H,48,49)(H,50,51)(H2,31,33,34)(H,39,45,47)(H3,32,37,38,46)/t13-,14-,15-,16+,17+,18+,19+,20+,21+/m0/s1. The third-order valence-corrected chi connectivity index (χ3v) is 12.0. The Bertz CT molecular complexity index is 2690. The SMILES string of the molecule is Cc1cn([C@H]2C[C@H](OP(=O)(O)OC[C@H]3O[C@@H](n4cnc5c(=O)[nH]c(N)nc54)C[C@@H]3OP(=O)(O)OC[C@H]3O[C@@H](n4cnc5c(N)ncnc54)C[C@@H]3O)[C@@H](CO)O2)c(=O)[nH]c1=O. The third-order valence-electron chi connectivity index (χ3n) is 10.0. The molecule has 0 saturated carbocycles. The zero-order valence-electron chi connectivity index (χ0n) is 31.1. The van der Waals surface area contributed by atoms with Crippen molar-refractivity contribution in [1.29, 1.82) is 0 Å². The van der Waals surface area contributed by atoms with Crippen molar-refractivity contribution in [2.75, 3.05) is 31.3 Å². The molecule has 5 aromatic heterocycles. The summed E-state index contributed by atoms with van der Waals surface area (Å²) in [4.78, 5) is 83.3. The number of phosphoric acid groups is 2. The highest BCUT2D eigenvalue weighted by molar-refractivity contribution is 7.47. The lowest BCUT2D eigenvalue weighted by Crippen LogP contribution is -2.33. The minimum absolute atomic E-state index is 0.0227. The number of phosphoric ester groups is 2. The normalized spacial score (nSPS) is 29.1. The van der Waals surface area contributed by atoms with Crippen LogP contribution < -0.4 is 28.3 Å². The zero-order valence-corrected chi connectivity index (χ0v) is 32.9. The molecule has 0 aromatic carbocycles. The molecule has 8 rings (SSSR count). The number of aromatic nitrogens is 10. The number of nitrogens with two attached hydrogens (primary N) is 2. The Morgan fingerprint density at radius 2 is 1.37 bits per heavy atom. The molecular weight excluding hydrogens is 846 g/mol.